The van der Waals surface area contributed by atoms with Gasteiger partial charge >= 0.3 is 0 Å². The lowest BCUT2D eigenvalue weighted by Crippen LogP contribution is -3.00. The molecule has 1 aromatic carbocycles. The number of rotatable bonds is 5. The Balaban J connectivity index is 0.00000225. The second kappa shape index (κ2) is 7.93. The van der Waals surface area contributed by atoms with Crippen LogP contribution in [0.2, 0.25) is 5.02 Å². The van der Waals surface area contributed by atoms with Gasteiger partial charge in [0, 0.05) is 11.2 Å². The van der Waals surface area contributed by atoms with E-state index in [4.69, 9.17) is 21.3 Å². The van der Waals surface area contributed by atoms with Crippen molar-refractivity contribution >= 4 is 17.2 Å². The molecule has 0 spiro atoms. The van der Waals surface area contributed by atoms with E-state index in [0.717, 1.165) is 38.7 Å². The van der Waals surface area contributed by atoms with Crippen LogP contribution < -0.4 is 28.7 Å². The SMILES string of the molecule is Cc1nc2c(OCc3ccc(Cl)cc3)cccn2c1C[N+](C)(C)C.[I-]. The Kier molecular flexibility index (Phi) is 6.35. The van der Waals surface area contributed by atoms with E-state index in [1.165, 1.54) is 5.69 Å². The molecule has 134 valence electrons. The smallest absolute Gasteiger partial charge is 0.180 e. The fourth-order valence-electron chi connectivity index (χ4n) is 2.70. The monoisotopic (exact) mass is 471 g/mol. The number of nitrogens with zero attached hydrogens (tertiary/aromatic N) is 3. The molecule has 0 radical (unpaired) electrons. The molecule has 3 rings (SSSR count). The highest BCUT2D eigenvalue weighted by Gasteiger charge is 2.18. The van der Waals surface area contributed by atoms with Gasteiger partial charge < -0.3 is 33.2 Å². The van der Waals surface area contributed by atoms with Gasteiger partial charge in [0.15, 0.2) is 11.4 Å². The fraction of sp³-hybridized carbons (Fsp3) is 0.316. The number of benzene rings is 1. The van der Waals surface area contributed by atoms with E-state index in [2.05, 4.69) is 38.7 Å². The molecule has 0 unspecified atom stereocenters. The number of fused-ring (bicyclic) bond motifs is 1. The van der Waals surface area contributed by atoms with Gasteiger partial charge in [-0.2, -0.15) is 0 Å². The largest absolute Gasteiger partial charge is 1.00 e. The van der Waals surface area contributed by atoms with Crippen molar-refractivity contribution < 1.29 is 33.2 Å². The number of aromatic nitrogens is 2. The highest BCUT2D eigenvalue weighted by molar-refractivity contribution is 6.30. The Morgan fingerprint density at radius 3 is 2.44 bits per heavy atom. The van der Waals surface area contributed by atoms with Gasteiger partial charge in [0.2, 0.25) is 0 Å². The lowest BCUT2D eigenvalue weighted by molar-refractivity contribution is -0.884. The van der Waals surface area contributed by atoms with Gasteiger partial charge in [0.05, 0.1) is 26.8 Å². The topological polar surface area (TPSA) is 26.5 Å². The predicted molar refractivity (Wildman–Crippen MR) is 97.4 cm³/mol. The predicted octanol–water partition coefficient (Wildman–Crippen LogP) is 1.09. The molecule has 6 heteroatoms. The van der Waals surface area contributed by atoms with Crippen molar-refractivity contribution in [2.75, 3.05) is 21.1 Å². The highest BCUT2D eigenvalue weighted by atomic mass is 127. The zero-order valence-electron chi connectivity index (χ0n) is 15.0. The summed E-state index contributed by atoms with van der Waals surface area (Å²) in [5.41, 5.74) is 4.21. The Morgan fingerprint density at radius 1 is 1.12 bits per heavy atom. The lowest BCUT2D eigenvalue weighted by Gasteiger charge is -2.23. The summed E-state index contributed by atoms with van der Waals surface area (Å²) in [5, 5.41) is 0.731. The average Bonchev–Trinajstić information content (AvgIpc) is 2.82. The lowest BCUT2D eigenvalue weighted by atomic mass is 10.2. The van der Waals surface area contributed by atoms with Crippen LogP contribution in [0.5, 0.6) is 5.75 Å². The van der Waals surface area contributed by atoms with E-state index in [1.807, 2.05) is 36.4 Å². The highest BCUT2D eigenvalue weighted by Crippen LogP contribution is 2.24. The Labute approximate surface area is 171 Å². The quantitative estimate of drug-likeness (QED) is 0.411. The molecule has 0 fully saturated rings. The molecular weight excluding hydrogens is 449 g/mol. The molecule has 0 N–H and O–H groups in total. The number of pyridine rings is 1. The van der Waals surface area contributed by atoms with Gasteiger partial charge in [-0.05, 0) is 36.8 Å². The van der Waals surface area contributed by atoms with Crippen molar-refractivity contribution in [2.45, 2.75) is 20.1 Å². The summed E-state index contributed by atoms with van der Waals surface area (Å²) in [6, 6.07) is 11.7. The third kappa shape index (κ3) is 4.86. The van der Waals surface area contributed by atoms with Crippen LogP contribution in [0, 0.1) is 6.92 Å². The molecule has 0 aliphatic carbocycles. The summed E-state index contributed by atoms with van der Waals surface area (Å²) in [6.45, 7) is 3.46. The number of ether oxygens (including phenoxy) is 1. The molecule has 0 atom stereocenters. The minimum Gasteiger partial charge on any atom is -1.00 e. The molecule has 0 amide bonds. The van der Waals surface area contributed by atoms with Gasteiger partial charge in [-0.1, -0.05) is 23.7 Å². The van der Waals surface area contributed by atoms with Crippen molar-refractivity contribution in [1.29, 1.82) is 0 Å². The zero-order valence-corrected chi connectivity index (χ0v) is 17.9. The number of halogens is 2. The first kappa shape index (κ1) is 20.0. The van der Waals surface area contributed by atoms with E-state index in [1.54, 1.807) is 0 Å². The summed E-state index contributed by atoms with van der Waals surface area (Å²) < 4.78 is 9.00. The summed E-state index contributed by atoms with van der Waals surface area (Å²) in [7, 11) is 6.54. The minimum absolute atomic E-state index is 0. The summed E-state index contributed by atoms with van der Waals surface area (Å²) in [6.07, 6.45) is 2.05. The number of hydrogen-bond acceptors (Lipinski definition) is 2. The van der Waals surface area contributed by atoms with Crippen LogP contribution in [0.4, 0.5) is 0 Å². The van der Waals surface area contributed by atoms with E-state index >= 15 is 0 Å². The maximum absolute atomic E-state index is 6.01. The van der Waals surface area contributed by atoms with Gasteiger partial charge in [-0.3, -0.25) is 4.40 Å². The third-order valence-electron chi connectivity index (χ3n) is 3.85. The zero-order chi connectivity index (χ0) is 17.3. The van der Waals surface area contributed by atoms with Gasteiger partial charge in [0.1, 0.15) is 18.8 Å². The van der Waals surface area contributed by atoms with E-state index in [9.17, 15) is 0 Å². The normalized spacial score (nSPS) is 11.4. The van der Waals surface area contributed by atoms with E-state index < -0.39 is 0 Å². The third-order valence-corrected chi connectivity index (χ3v) is 4.10. The number of quaternary nitrogens is 1. The molecule has 2 heterocycles. The van der Waals surface area contributed by atoms with Crippen LogP contribution in [-0.4, -0.2) is 35.0 Å². The van der Waals surface area contributed by atoms with Crippen molar-refractivity contribution in [3.63, 3.8) is 0 Å². The van der Waals surface area contributed by atoms with Gasteiger partial charge in [-0.25, -0.2) is 4.98 Å². The van der Waals surface area contributed by atoms with Crippen LogP contribution in [0.1, 0.15) is 17.0 Å². The molecule has 4 nitrogen and oxygen atoms in total. The molecule has 25 heavy (non-hydrogen) atoms. The van der Waals surface area contributed by atoms with Crippen LogP contribution in [-0.2, 0) is 13.2 Å². The van der Waals surface area contributed by atoms with Crippen LogP contribution in [0.25, 0.3) is 5.65 Å². The molecule has 0 saturated carbocycles. The average molecular weight is 472 g/mol. The van der Waals surface area contributed by atoms with Crippen LogP contribution >= 0.6 is 11.6 Å². The Bertz CT molecular complexity index is 853. The van der Waals surface area contributed by atoms with Gasteiger partial charge in [0.25, 0.3) is 0 Å². The van der Waals surface area contributed by atoms with Gasteiger partial charge in [-0.15, -0.1) is 0 Å². The first-order valence-corrected chi connectivity index (χ1v) is 8.35. The first-order valence-electron chi connectivity index (χ1n) is 7.98. The standard InChI is InChI=1S/C19H23ClN3O.HI/c1-14-17(12-23(2,3)4)22-11-5-6-18(19(22)21-14)24-13-15-7-9-16(20)10-8-15;/h5-11H,12-13H2,1-4H3;1H/q+1;/p-1. The van der Waals surface area contributed by atoms with Crippen molar-refractivity contribution in [1.82, 2.24) is 9.38 Å². The Hall–Kier alpha value is -1.31. The maximum atomic E-state index is 6.01. The van der Waals surface area contributed by atoms with Crippen molar-refractivity contribution in [2.24, 2.45) is 0 Å². The number of hydrogen-bond donors (Lipinski definition) is 0. The summed E-state index contributed by atoms with van der Waals surface area (Å²) >= 11 is 5.92. The molecule has 0 aliphatic heterocycles. The minimum atomic E-state index is 0. The summed E-state index contributed by atoms with van der Waals surface area (Å²) in [5.74, 6) is 0.795. The molecule has 0 aliphatic rings. The second-order valence-corrected chi connectivity index (χ2v) is 7.51. The molecule has 3 aromatic rings. The van der Waals surface area contributed by atoms with Crippen LogP contribution in [0.15, 0.2) is 42.6 Å². The van der Waals surface area contributed by atoms with E-state index in [-0.39, 0.29) is 24.0 Å². The second-order valence-electron chi connectivity index (χ2n) is 7.07. The summed E-state index contributed by atoms with van der Waals surface area (Å²) in [4.78, 5) is 4.73. The Morgan fingerprint density at radius 2 is 1.80 bits per heavy atom. The van der Waals surface area contributed by atoms with Crippen molar-refractivity contribution in [3.05, 3.63) is 64.6 Å². The molecule has 2 aromatic heterocycles. The molecule has 0 saturated heterocycles. The van der Waals surface area contributed by atoms with Crippen molar-refractivity contribution in [3.8, 4) is 5.75 Å². The molecular formula is C19H23ClIN3O. The maximum Gasteiger partial charge on any atom is 0.180 e. The van der Waals surface area contributed by atoms with Crippen LogP contribution in [0.3, 0.4) is 0 Å². The first-order chi connectivity index (χ1) is 11.3. The fourth-order valence-corrected chi connectivity index (χ4v) is 2.83. The number of aryl methyl sites for hydroxylation is 1. The molecule has 0 bridgehead atoms. The van der Waals surface area contributed by atoms with E-state index in [0.29, 0.717) is 6.61 Å². The number of imidazole rings is 1.